The number of nitrogens with zero attached hydrogens (tertiary/aromatic N) is 1. The molecule has 0 aliphatic heterocycles. The summed E-state index contributed by atoms with van der Waals surface area (Å²) in [7, 11) is 0. The third kappa shape index (κ3) is 21.8. The predicted octanol–water partition coefficient (Wildman–Crippen LogP) is 12.8. The Labute approximate surface area is 343 Å². The SMILES string of the molecule is C.C.C.CCN(CC)CC.OCC(CC(F)(C(F)(F)F)C(F)(F)F)Oc1ccc(Br)cc1.OCC(I)CC(F)(C(F)(F)F)C(F)(F)F.Oc1ccc(Br)cc1. The van der Waals surface area contributed by atoms with Crippen LogP contribution in [0.25, 0.3) is 0 Å². The van der Waals surface area contributed by atoms with Gasteiger partial charge in [0.25, 0.3) is 5.67 Å². The van der Waals surface area contributed by atoms with Crippen molar-refractivity contribution in [3.63, 3.8) is 0 Å². The van der Waals surface area contributed by atoms with E-state index in [2.05, 4.69) is 57.5 Å². The van der Waals surface area contributed by atoms with Crippen LogP contribution in [0, 0.1) is 0 Å². The topological polar surface area (TPSA) is 73.2 Å². The van der Waals surface area contributed by atoms with Crippen LogP contribution >= 0.6 is 54.5 Å². The molecule has 2 atom stereocenters. The quantitative estimate of drug-likeness (QED) is 0.119. The smallest absolute Gasteiger partial charge is 0.431 e. The van der Waals surface area contributed by atoms with Gasteiger partial charge in [-0.1, -0.05) is 97.5 Å². The van der Waals surface area contributed by atoms with Crippen molar-refractivity contribution in [2.75, 3.05) is 32.8 Å². The average Bonchev–Trinajstić information content (AvgIpc) is 3.02. The van der Waals surface area contributed by atoms with E-state index in [4.69, 9.17) is 20.1 Å². The number of hydrogen-bond acceptors (Lipinski definition) is 5. The van der Waals surface area contributed by atoms with Gasteiger partial charge in [0.15, 0.2) is 0 Å². The summed E-state index contributed by atoms with van der Waals surface area (Å²) >= 11 is 7.42. The first-order valence-electron chi connectivity index (χ1n) is 14.6. The summed E-state index contributed by atoms with van der Waals surface area (Å²) in [6.07, 6.45) is -30.4. The zero-order valence-corrected chi connectivity index (χ0v) is 32.7. The number of aliphatic hydroxyl groups excluding tert-OH is 2. The normalized spacial score (nSPS) is 13.1. The van der Waals surface area contributed by atoms with E-state index in [1.807, 2.05) is 0 Å². The van der Waals surface area contributed by atoms with Crippen molar-refractivity contribution in [3.05, 3.63) is 57.5 Å². The molecule has 0 bridgehead atoms. The number of hydrogen-bond donors (Lipinski definition) is 3. The van der Waals surface area contributed by atoms with Gasteiger partial charge in [0, 0.05) is 25.7 Å². The Hall–Kier alpha value is -1.37. The third-order valence-electron chi connectivity index (χ3n) is 6.50. The van der Waals surface area contributed by atoms with Gasteiger partial charge in [0.1, 0.15) is 17.6 Å². The van der Waals surface area contributed by atoms with Crippen molar-refractivity contribution < 1.29 is 81.5 Å². The lowest BCUT2D eigenvalue weighted by Gasteiger charge is -2.32. The summed E-state index contributed by atoms with van der Waals surface area (Å²) < 4.78 is 178. The van der Waals surface area contributed by atoms with E-state index in [0.717, 1.165) is 27.1 Å². The Morgan fingerprint density at radius 2 is 0.891 bits per heavy atom. The molecule has 0 saturated heterocycles. The Bertz CT molecular complexity index is 1190. The number of alkyl halides is 15. The van der Waals surface area contributed by atoms with Crippen LogP contribution in [0.15, 0.2) is 57.5 Å². The van der Waals surface area contributed by atoms with Gasteiger partial charge < -0.3 is 25.0 Å². The second kappa shape index (κ2) is 27.3. The van der Waals surface area contributed by atoms with E-state index in [9.17, 15) is 61.5 Å². The molecule has 5 nitrogen and oxygen atoms in total. The number of ether oxygens (including phenoxy) is 1. The van der Waals surface area contributed by atoms with Crippen LogP contribution in [-0.2, 0) is 0 Å². The second-order valence-corrected chi connectivity index (χ2v) is 13.8. The fourth-order valence-electron chi connectivity index (χ4n) is 3.43. The minimum atomic E-state index is -6.18. The number of rotatable bonds is 11. The lowest BCUT2D eigenvalue weighted by atomic mass is 9.96. The molecule has 0 amide bonds. The monoisotopic (exact) mass is 1070 g/mol. The molecule has 2 rings (SSSR count). The summed E-state index contributed by atoms with van der Waals surface area (Å²) in [4.78, 5) is 2.38. The van der Waals surface area contributed by atoms with Crippen LogP contribution in [0.2, 0.25) is 0 Å². The molecule has 0 radical (unpaired) electrons. The largest absolute Gasteiger partial charge is 0.508 e. The number of phenols is 1. The maximum absolute atomic E-state index is 13.6. The van der Waals surface area contributed by atoms with Gasteiger partial charge in [0.05, 0.1) is 13.2 Å². The minimum Gasteiger partial charge on any atom is -0.508 e. The highest BCUT2D eigenvalue weighted by Gasteiger charge is 2.73. The molecule has 0 spiro atoms. The molecule has 0 heterocycles. The molecular formula is C33H48Br2F14INO4. The van der Waals surface area contributed by atoms with E-state index in [0.29, 0.717) is 10.2 Å². The van der Waals surface area contributed by atoms with Crippen LogP contribution < -0.4 is 4.74 Å². The van der Waals surface area contributed by atoms with E-state index in [1.54, 1.807) is 24.3 Å². The van der Waals surface area contributed by atoms with Gasteiger partial charge in [-0.25, -0.2) is 8.78 Å². The first-order valence-corrected chi connectivity index (χ1v) is 17.4. The van der Waals surface area contributed by atoms with E-state index < -0.39 is 72.1 Å². The van der Waals surface area contributed by atoms with Crippen molar-refractivity contribution in [2.45, 2.75) is 102 Å². The van der Waals surface area contributed by atoms with Crippen molar-refractivity contribution in [3.8, 4) is 11.5 Å². The average molecular weight is 1080 g/mol. The molecular weight excluding hydrogens is 1030 g/mol. The zero-order chi connectivity index (χ0) is 41.4. The number of aromatic hydroxyl groups is 1. The number of halogens is 17. The van der Waals surface area contributed by atoms with E-state index in [-0.39, 0.29) is 28.0 Å². The van der Waals surface area contributed by atoms with Gasteiger partial charge in [-0.15, -0.1) is 0 Å². The van der Waals surface area contributed by atoms with Crippen molar-refractivity contribution in [1.82, 2.24) is 4.90 Å². The number of phenolic OH excluding ortho intramolecular Hbond substituents is 1. The molecule has 328 valence electrons. The standard InChI is InChI=1S/C12H10BrF7O2.C6H5BrO.C6H6F7IO.C6H15N.3CH4/c13-7-1-3-8(4-2-7)22-9(6-21)5-10(14,11(15,16)17)12(18,19)20;7-5-1-3-6(8)4-2-5;7-4(5(8,9)10,6(11,12)13)1-3(14)2-15;1-4-7(5-2)6-3;;;/h1-4,9,21H,5-6H2;1-4,8H;3,15H,1-2H2;4-6H2,1-3H3;3*1H4. The highest BCUT2D eigenvalue weighted by Crippen LogP contribution is 2.50. The number of aliphatic hydroxyl groups is 2. The van der Waals surface area contributed by atoms with E-state index >= 15 is 0 Å². The maximum atomic E-state index is 13.6. The molecule has 55 heavy (non-hydrogen) atoms. The molecule has 2 aromatic rings. The minimum absolute atomic E-state index is 0. The molecule has 0 aliphatic carbocycles. The molecule has 0 saturated carbocycles. The van der Waals surface area contributed by atoms with Crippen molar-refractivity contribution >= 4 is 54.5 Å². The molecule has 3 N–H and O–H groups in total. The Morgan fingerprint density at radius 1 is 0.582 bits per heavy atom. The van der Waals surface area contributed by atoms with Gasteiger partial charge in [-0.3, -0.25) is 0 Å². The maximum Gasteiger partial charge on any atom is 0.431 e. The molecule has 22 heteroatoms. The molecule has 0 aliphatic rings. The van der Waals surface area contributed by atoms with Crippen LogP contribution in [0.4, 0.5) is 61.5 Å². The molecule has 2 unspecified atom stereocenters. The van der Waals surface area contributed by atoms with Gasteiger partial charge in [-0.2, -0.15) is 52.7 Å². The molecule has 0 fully saturated rings. The highest BCUT2D eigenvalue weighted by atomic mass is 127. The van der Waals surface area contributed by atoms with Crippen molar-refractivity contribution in [1.29, 1.82) is 0 Å². The fourth-order valence-corrected chi connectivity index (χ4v) is 4.56. The lowest BCUT2D eigenvalue weighted by molar-refractivity contribution is -0.347. The summed E-state index contributed by atoms with van der Waals surface area (Å²) in [5.41, 5.74) is -10.7. The first kappa shape index (κ1) is 62.8. The first-order chi connectivity index (χ1) is 23.5. The van der Waals surface area contributed by atoms with Gasteiger partial charge >= 0.3 is 30.4 Å². The number of benzene rings is 2. The summed E-state index contributed by atoms with van der Waals surface area (Å²) in [5.74, 6) is 0.196. The predicted molar refractivity (Wildman–Crippen MR) is 201 cm³/mol. The highest BCUT2D eigenvalue weighted by molar-refractivity contribution is 14.1. The van der Waals surface area contributed by atoms with Crippen LogP contribution in [-0.4, -0.2) is 99.1 Å². The van der Waals surface area contributed by atoms with Gasteiger partial charge in [0.2, 0.25) is 0 Å². The Kier molecular flexibility index (Phi) is 31.2. The van der Waals surface area contributed by atoms with Crippen molar-refractivity contribution in [2.24, 2.45) is 0 Å². The molecule has 2 aromatic carbocycles. The van der Waals surface area contributed by atoms with Crippen LogP contribution in [0.3, 0.4) is 0 Å². The van der Waals surface area contributed by atoms with E-state index in [1.165, 1.54) is 43.9 Å². The lowest BCUT2D eigenvalue weighted by Crippen LogP contribution is -2.55. The Morgan fingerprint density at radius 3 is 1.13 bits per heavy atom. The Balaban J connectivity index is -0.000000219. The second-order valence-electron chi connectivity index (χ2n) is 10.3. The zero-order valence-electron chi connectivity index (χ0n) is 27.3. The van der Waals surface area contributed by atoms with Crippen LogP contribution in [0.1, 0.15) is 55.9 Å². The van der Waals surface area contributed by atoms with Crippen LogP contribution in [0.5, 0.6) is 11.5 Å². The third-order valence-corrected chi connectivity index (χ3v) is 8.39. The summed E-state index contributed by atoms with van der Waals surface area (Å²) in [6, 6.07) is 12.2. The summed E-state index contributed by atoms with van der Waals surface area (Å²) in [5, 5.41) is 26.0. The molecule has 0 aromatic heterocycles. The van der Waals surface area contributed by atoms with Gasteiger partial charge in [-0.05, 0) is 68.2 Å². The summed E-state index contributed by atoms with van der Waals surface area (Å²) in [6.45, 7) is 7.95. The fraction of sp³-hybridized carbons (Fsp3) is 0.636.